The predicted octanol–water partition coefficient (Wildman–Crippen LogP) is 3.59. The molecule has 2 aromatic rings. The van der Waals surface area contributed by atoms with Crippen LogP contribution in [0.25, 0.3) is 0 Å². The molecule has 0 saturated carbocycles. The minimum absolute atomic E-state index is 0.0866. The quantitative estimate of drug-likeness (QED) is 0.905. The minimum atomic E-state index is -0.742. The maximum Gasteiger partial charge on any atom is 0.146 e. The van der Waals surface area contributed by atoms with Gasteiger partial charge in [0.1, 0.15) is 17.5 Å². The highest BCUT2D eigenvalue weighted by Crippen LogP contribution is 2.26. The van der Waals surface area contributed by atoms with Crippen molar-refractivity contribution < 1.29 is 13.2 Å². The number of hydrogen-bond acceptors (Lipinski definition) is 2. The summed E-state index contributed by atoms with van der Waals surface area (Å²) < 4.78 is 41.1. The number of rotatable bonds is 5. The highest BCUT2D eigenvalue weighted by atomic mass is 19.1. The van der Waals surface area contributed by atoms with Crippen molar-refractivity contribution in [1.29, 1.82) is 0 Å². The number of pyridine rings is 1. The first-order chi connectivity index (χ1) is 9.63. The van der Waals surface area contributed by atoms with Crippen molar-refractivity contribution in [2.45, 2.75) is 19.4 Å². The summed E-state index contributed by atoms with van der Waals surface area (Å²) in [6.45, 7) is 2.50. The average molecular weight is 280 g/mol. The van der Waals surface area contributed by atoms with E-state index in [0.717, 1.165) is 30.8 Å². The van der Waals surface area contributed by atoms with E-state index in [-0.39, 0.29) is 11.1 Å². The third-order valence-corrected chi connectivity index (χ3v) is 2.98. The van der Waals surface area contributed by atoms with Gasteiger partial charge in [0, 0.05) is 17.3 Å². The second kappa shape index (κ2) is 6.52. The lowest BCUT2D eigenvalue weighted by atomic mass is 9.98. The molecular weight excluding hydrogens is 265 g/mol. The Morgan fingerprint density at radius 1 is 1.10 bits per heavy atom. The average Bonchev–Trinajstić information content (AvgIpc) is 2.44. The van der Waals surface area contributed by atoms with Gasteiger partial charge < -0.3 is 5.32 Å². The zero-order valence-corrected chi connectivity index (χ0v) is 11.0. The third-order valence-electron chi connectivity index (χ3n) is 2.98. The van der Waals surface area contributed by atoms with Crippen LogP contribution < -0.4 is 5.32 Å². The molecule has 1 aromatic heterocycles. The fourth-order valence-electron chi connectivity index (χ4n) is 2.03. The molecule has 0 spiro atoms. The van der Waals surface area contributed by atoms with Crippen molar-refractivity contribution in [3.8, 4) is 0 Å². The molecule has 0 bridgehead atoms. The number of nitrogens with one attached hydrogen (secondary N) is 1. The molecule has 0 radical (unpaired) electrons. The number of aromatic nitrogens is 1. The van der Waals surface area contributed by atoms with E-state index in [9.17, 15) is 13.2 Å². The summed E-state index contributed by atoms with van der Waals surface area (Å²) in [6.07, 6.45) is 3.28. The SMILES string of the molecule is CCCNC(c1ccncc1F)c1cc(F)ccc1F. The van der Waals surface area contributed by atoms with E-state index in [4.69, 9.17) is 0 Å². The minimum Gasteiger partial charge on any atom is -0.306 e. The van der Waals surface area contributed by atoms with Crippen LogP contribution >= 0.6 is 0 Å². The van der Waals surface area contributed by atoms with Gasteiger partial charge in [-0.15, -0.1) is 0 Å². The van der Waals surface area contributed by atoms with Crippen LogP contribution in [0.5, 0.6) is 0 Å². The fourth-order valence-corrected chi connectivity index (χ4v) is 2.03. The molecule has 1 heterocycles. The van der Waals surface area contributed by atoms with Gasteiger partial charge >= 0.3 is 0 Å². The molecule has 2 rings (SSSR count). The van der Waals surface area contributed by atoms with Crippen LogP contribution in [0.1, 0.15) is 30.5 Å². The second-order valence-corrected chi connectivity index (χ2v) is 4.45. The molecule has 0 fully saturated rings. The Kier molecular flexibility index (Phi) is 4.74. The first-order valence-electron chi connectivity index (χ1n) is 6.41. The molecule has 5 heteroatoms. The van der Waals surface area contributed by atoms with E-state index in [2.05, 4.69) is 10.3 Å². The van der Waals surface area contributed by atoms with E-state index in [0.29, 0.717) is 6.54 Å². The summed E-state index contributed by atoms with van der Waals surface area (Å²) in [6, 6.07) is 3.90. The number of halogens is 3. The highest BCUT2D eigenvalue weighted by Gasteiger charge is 2.21. The zero-order valence-electron chi connectivity index (χ0n) is 11.0. The molecule has 0 aliphatic rings. The zero-order chi connectivity index (χ0) is 14.5. The van der Waals surface area contributed by atoms with Crippen molar-refractivity contribution in [2.24, 2.45) is 0 Å². The molecule has 20 heavy (non-hydrogen) atoms. The summed E-state index contributed by atoms with van der Waals surface area (Å²) in [5, 5.41) is 3.04. The van der Waals surface area contributed by atoms with Crippen molar-refractivity contribution >= 4 is 0 Å². The van der Waals surface area contributed by atoms with Gasteiger partial charge in [-0.2, -0.15) is 0 Å². The van der Waals surface area contributed by atoms with Crippen LogP contribution in [0, 0.1) is 17.5 Å². The van der Waals surface area contributed by atoms with Gasteiger partial charge in [-0.05, 0) is 37.2 Å². The van der Waals surface area contributed by atoms with Crippen LogP contribution in [-0.4, -0.2) is 11.5 Å². The van der Waals surface area contributed by atoms with E-state index in [1.807, 2.05) is 6.92 Å². The summed E-state index contributed by atoms with van der Waals surface area (Å²) in [5.74, 6) is -1.68. The predicted molar refractivity (Wildman–Crippen MR) is 70.7 cm³/mol. The molecule has 2 nitrogen and oxygen atoms in total. The maximum absolute atomic E-state index is 13.9. The molecule has 106 valence electrons. The van der Waals surface area contributed by atoms with E-state index in [1.165, 1.54) is 12.3 Å². The smallest absolute Gasteiger partial charge is 0.146 e. The molecule has 0 aliphatic carbocycles. The van der Waals surface area contributed by atoms with Crippen molar-refractivity contribution in [1.82, 2.24) is 10.3 Å². The molecule has 1 aromatic carbocycles. The summed E-state index contributed by atoms with van der Waals surface area (Å²) >= 11 is 0. The maximum atomic E-state index is 13.9. The van der Waals surface area contributed by atoms with Gasteiger partial charge in [-0.1, -0.05) is 6.92 Å². The van der Waals surface area contributed by atoms with Gasteiger partial charge in [0.15, 0.2) is 0 Å². The summed E-state index contributed by atoms with van der Waals surface area (Å²) in [5.41, 5.74) is 0.335. The Morgan fingerprint density at radius 2 is 1.90 bits per heavy atom. The lowest BCUT2D eigenvalue weighted by Crippen LogP contribution is -2.25. The Morgan fingerprint density at radius 3 is 2.60 bits per heavy atom. The van der Waals surface area contributed by atoms with Gasteiger partial charge in [-0.3, -0.25) is 4.98 Å². The van der Waals surface area contributed by atoms with Crippen molar-refractivity contribution in [3.63, 3.8) is 0 Å². The van der Waals surface area contributed by atoms with Gasteiger partial charge in [-0.25, -0.2) is 13.2 Å². The van der Waals surface area contributed by atoms with Gasteiger partial charge in [0.25, 0.3) is 0 Å². The molecule has 1 atom stereocenters. The Hall–Kier alpha value is -1.88. The second-order valence-electron chi connectivity index (χ2n) is 4.45. The first kappa shape index (κ1) is 14.5. The molecule has 0 aliphatic heterocycles. The van der Waals surface area contributed by atoms with Gasteiger partial charge in [0.2, 0.25) is 0 Å². The monoisotopic (exact) mass is 280 g/mol. The lowest BCUT2D eigenvalue weighted by Gasteiger charge is -2.20. The Labute approximate surface area is 115 Å². The molecule has 0 amide bonds. The number of hydrogen-bond donors (Lipinski definition) is 1. The molecule has 1 unspecified atom stereocenters. The normalized spacial score (nSPS) is 12.4. The third kappa shape index (κ3) is 3.17. The van der Waals surface area contributed by atoms with Gasteiger partial charge in [0.05, 0.1) is 12.2 Å². The Bertz CT molecular complexity index is 587. The van der Waals surface area contributed by atoms with Crippen LogP contribution in [0.15, 0.2) is 36.7 Å². The Balaban J connectivity index is 2.47. The van der Waals surface area contributed by atoms with Crippen LogP contribution in [0.2, 0.25) is 0 Å². The van der Waals surface area contributed by atoms with Crippen LogP contribution in [0.4, 0.5) is 13.2 Å². The summed E-state index contributed by atoms with van der Waals surface area (Å²) in [4.78, 5) is 3.67. The van der Waals surface area contributed by atoms with E-state index in [1.54, 1.807) is 0 Å². The van der Waals surface area contributed by atoms with Crippen molar-refractivity contribution in [2.75, 3.05) is 6.54 Å². The fraction of sp³-hybridized carbons (Fsp3) is 0.267. The molecular formula is C15H15F3N2. The lowest BCUT2D eigenvalue weighted by molar-refractivity contribution is 0.511. The number of nitrogens with zero attached hydrogens (tertiary/aromatic N) is 1. The van der Waals surface area contributed by atoms with Crippen molar-refractivity contribution in [3.05, 3.63) is 65.2 Å². The standard InChI is InChI=1S/C15H15F3N2/c1-2-6-20-15(11-5-7-19-9-14(11)18)12-8-10(16)3-4-13(12)17/h3-5,7-9,15,20H,2,6H2,1H3. The number of benzene rings is 1. The first-order valence-corrected chi connectivity index (χ1v) is 6.41. The molecule has 1 N–H and O–H groups in total. The topological polar surface area (TPSA) is 24.9 Å². The highest BCUT2D eigenvalue weighted by molar-refractivity contribution is 5.32. The molecule has 0 saturated heterocycles. The summed E-state index contributed by atoms with van der Waals surface area (Å²) in [7, 11) is 0. The van der Waals surface area contributed by atoms with E-state index < -0.39 is 23.5 Å². The van der Waals surface area contributed by atoms with E-state index >= 15 is 0 Å². The van der Waals surface area contributed by atoms with Crippen LogP contribution in [0.3, 0.4) is 0 Å². The van der Waals surface area contributed by atoms with Crippen LogP contribution in [-0.2, 0) is 0 Å². The largest absolute Gasteiger partial charge is 0.306 e.